The summed E-state index contributed by atoms with van der Waals surface area (Å²) in [5, 5.41) is 5.54. The molecule has 0 fully saturated rings. The molecule has 0 amide bonds. The molecule has 0 radical (unpaired) electrons. The molecule has 2 heterocycles. The van der Waals surface area contributed by atoms with Crippen LogP contribution in [-0.4, -0.2) is 14.8 Å². The molecule has 0 bridgehead atoms. The van der Waals surface area contributed by atoms with Crippen LogP contribution in [-0.2, 0) is 6.54 Å². The van der Waals surface area contributed by atoms with Crippen LogP contribution in [0.15, 0.2) is 53.7 Å². The van der Waals surface area contributed by atoms with Crippen molar-refractivity contribution in [1.29, 1.82) is 0 Å². The van der Waals surface area contributed by atoms with Gasteiger partial charge in [0.1, 0.15) is 0 Å². The molecule has 19 heavy (non-hydrogen) atoms. The van der Waals surface area contributed by atoms with Gasteiger partial charge in [-0.25, -0.2) is 4.68 Å². The zero-order valence-corrected chi connectivity index (χ0v) is 10.2. The van der Waals surface area contributed by atoms with Crippen LogP contribution in [0.25, 0.3) is 10.8 Å². The van der Waals surface area contributed by atoms with E-state index >= 15 is 0 Å². The van der Waals surface area contributed by atoms with Crippen molar-refractivity contribution < 1.29 is 0 Å². The maximum absolute atomic E-state index is 12.3. The van der Waals surface area contributed by atoms with E-state index in [9.17, 15) is 4.79 Å². The highest BCUT2D eigenvalue weighted by atomic mass is 16.1. The minimum absolute atomic E-state index is 0.145. The van der Waals surface area contributed by atoms with Crippen LogP contribution >= 0.6 is 0 Å². The molecule has 0 unspecified atom stereocenters. The van der Waals surface area contributed by atoms with Gasteiger partial charge in [-0.2, -0.15) is 5.10 Å². The summed E-state index contributed by atoms with van der Waals surface area (Å²) >= 11 is 0. The maximum Gasteiger partial charge on any atom is 0.275 e. The van der Waals surface area contributed by atoms with E-state index in [1.54, 1.807) is 36.8 Å². The third-order valence-electron chi connectivity index (χ3n) is 2.93. The smallest absolute Gasteiger partial charge is 0.275 e. The highest BCUT2D eigenvalue weighted by molar-refractivity contribution is 5.83. The Morgan fingerprint density at radius 3 is 2.89 bits per heavy atom. The van der Waals surface area contributed by atoms with Gasteiger partial charge in [-0.05, 0) is 23.8 Å². The Morgan fingerprint density at radius 2 is 2.11 bits per heavy atom. The van der Waals surface area contributed by atoms with Crippen LogP contribution in [0.4, 0.5) is 5.69 Å². The molecule has 0 spiro atoms. The highest BCUT2D eigenvalue weighted by Gasteiger charge is 2.05. The summed E-state index contributed by atoms with van der Waals surface area (Å²) in [6.45, 7) is 0.400. The predicted octanol–water partition coefficient (Wildman–Crippen LogP) is 1.42. The third-order valence-corrected chi connectivity index (χ3v) is 2.93. The normalized spacial score (nSPS) is 10.7. The van der Waals surface area contributed by atoms with Crippen LogP contribution < -0.4 is 11.3 Å². The van der Waals surface area contributed by atoms with Crippen molar-refractivity contribution in [2.75, 3.05) is 5.73 Å². The van der Waals surface area contributed by atoms with Gasteiger partial charge >= 0.3 is 0 Å². The largest absolute Gasteiger partial charge is 0.399 e. The second kappa shape index (κ2) is 4.53. The first-order valence-electron chi connectivity index (χ1n) is 5.88. The molecule has 0 atom stereocenters. The standard InChI is InChI=1S/C14H12N4O/c15-12-4-3-11-8-17-18(14(19)13(11)6-12)9-10-2-1-5-16-7-10/h1-8H,9,15H2. The van der Waals surface area contributed by atoms with Crippen molar-refractivity contribution in [3.8, 4) is 0 Å². The lowest BCUT2D eigenvalue weighted by molar-refractivity contribution is 0.646. The lowest BCUT2D eigenvalue weighted by Crippen LogP contribution is -2.23. The van der Waals surface area contributed by atoms with Crippen molar-refractivity contribution >= 4 is 16.5 Å². The van der Waals surface area contributed by atoms with E-state index in [-0.39, 0.29) is 5.56 Å². The van der Waals surface area contributed by atoms with Crippen molar-refractivity contribution in [2.45, 2.75) is 6.54 Å². The van der Waals surface area contributed by atoms with Gasteiger partial charge in [-0.15, -0.1) is 0 Å². The molecule has 2 N–H and O–H groups in total. The van der Waals surface area contributed by atoms with E-state index in [2.05, 4.69) is 10.1 Å². The summed E-state index contributed by atoms with van der Waals surface area (Å²) < 4.78 is 1.42. The van der Waals surface area contributed by atoms with E-state index in [1.165, 1.54) is 4.68 Å². The Hall–Kier alpha value is -2.69. The number of hydrogen-bond acceptors (Lipinski definition) is 4. The number of fused-ring (bicyclic) bond motifs is 1. The van der Waals surface area contributed by atoms with Crippen LogP contribution in [0.1, 0.15) is 5.56 Å². The molecule has 94 valence electrons. The van der Waals surface area contributed by atoms with E-state index < -0.39 is 0 Å². The van der Waals surface area contributed by atoms with Crippen molar-refractivity contribution in [1.82, 2.24) is 14.8 Å². The number of aromatic nitrogens is 3. The number of nitrogens with two attached hydrogens (primary N) is 1. The van der Waals surface area contributed by atoms with Gasteiger partial charge in [0.05, 0.1) is 18.1 Å². The van der Waals surface area contributed by atoms with Gasteiger partial charge in [0, 0.05) is 23.5 Å². The van der Waals surface area contributed by atoms with Crippen molar-refractivity contribution in [2.24, 2.45) is 0 Å². The van der Waals surface area contributed by atoms with Crippen LogP contribution in [0.2, 0.25) is 0 Å². The maximum atomic E-state index is 12.3. The summed E-state index contributed by atoms with van der Waals surface area (Å²) in [6, 6.07) is 8.98. The summed E-state index contributed by atoms with van der Waals surface area (Å²) in [7, 11) is 0. The van der Waals surface area contributed by atoms with Gasteiger partial charge in [-0.1, -0.05) is 12.1 Å². The number of nitrogens with zero attached hydrogens (tertiary/aromatic N) is 3. The van der Waals surface area contributed by atoms with E-state index in [0.717, 1.165) is 10.9 Å². The highest BCUT2D eigenvalue weighted by Crippen LogP contribution is 2.12. The van der Waals surface area contributed by atoms with Crippen molar-refractivity contribution in [3.05, 3.63) is 64.8 Å². The number of benzene rings is 1. The zero-order chi connectivity index (χ0) is 13.2. The Bertz CT molecular complexity index is 780. The molecule has 0 aliphatic heterocycles. The Morgan fingerprint density at radius 1 is 1.21 bits per heavy atom. The second-order valence-electron chi connectivity index (χ2n) is 4.32. The fourth-order valence-corrected chi connectivity index (χ4v) is 1.97. The summed E-state index contributed by atoms with van der Waals surface area (Å²) in [5.74, 6) is 0. The van der Waals surface area contributed by atoms with E-state index in [0.29, 0.717) is 17.6 Å². The summed E-state index contributed by atoms with van der Waals surface area (Å²) in [4.78, 5) is 16.3. The lowest BCUT2D eigenvalue weighted by atomic mass is 10.2. The predicted molar refractivity (Wildman–Crippen MR) is 73.8 cm³/mol. The fourth-order valence-electron chi connectivity index (χ4n) is 1.97. The molecule has 3 rings (SSSR count). The van der Waals surface area contributed by atoms with Gasteiger partial charge in [-0.3, -0.25) is 9.78 Å². The Kier molecular flexibility index (Phi) is 2.72. The van der Waals surface area contributed by atoms with Crippen LogP contribution in [0, 0.1) is 0 Å². The van der Waals surface area contributed by atoms with Crippen LogP contribution in [0.5, 0.6) is 0 Å². The SMILES string of the molecule is Nc1ccc2cnn(Cc3cccnc3)c(=O)c2c1. The molecule has 0 saturated heterocycles. The molecule has 3 aromatic rings. The van der Waals surface area contributed by atoms with Gasteiger partial charge in [0.2, 0.25) is 0 Å². The average molecular weight is 252 g/mol. The molecule has 0 aliphatic carbocycles. The fraction of sp³-hybridized carbons (Fsp3) is 0.0714. The number of hydrogen-bond donors (Lipinski definition) is 1. The molecule has 5 heteroatoms. The quantitative estimate of drug-likeness (QED) is 0.700. The Labute approximate surface area is 109 Å². The summed E-state index contributed by atoms with van der Waals surface area (Å²) in [5.41, 5.74) is 7.08. The molecule has 2 aromatic heterocycles. The molecular weight excluding hydrogens is 240 g/mol. The first kappa shape index (κ1) is 11.4. The van der Waals surface area contributed by atoms with Gasteiger partial charge in [0.25, 0.3) is 5.56 Å². The zero-order valence-electron chi connectivity index (χ0n) is 10.2. The number of anilines is 1. The van der Waals surface area contributed by atoms with E-state index in [4.69, 9.17) is 5.73 Å². The average Bonchev–Trinajstić information content (AvgIpc) is 2.44. The molecule has 1 aromatic carbocycles. The molecular formula is C14H12N4O. The minimum atomic E-state index is -0.145. The second-order valence-corrected chi connectivity index (χ2v) is 4.32. The monoisotopic (exact) mass is 252 g/mol. The molecule has 5 nitrogen and oxygen atoms in total. The number of pyridine rings is 1. The van der Waals surface area contributed by atoms with E-state index in [1.807, 2.05) is 12.1 Å². The van der Waals surface area contributed by atoms with Gasteiger partial charge < -0.3 is 5.73 Å². The number of rotatable bonds is 2. The third kappa shape index (κ3) is 2.18. The molecule has 0 aliphatic rings. The van der Waals surface area contributed by atoms with Crippen molar-refractivity contribution in [3.63, 3.8) is 0 Å². The Balaban J connectivity index is 2.10. The first-order chi connectivity index (χ1) is 9.24. The van der Waals surface area contributed by atoms with Crippen LogP contribution in [0.3, 0.4) is 0 Å². The number of nitrogen functional groups attached to an aromatic ring is 1. The molecule has 0 saturated carbocycles. The van der Waals surface area contributed by atoms with Gasteiger partial charge in [0.15, 0.2) is 0 Å². The summed E-state index contributed by atoms with van der Waals surface area (Å²) in [6.07, 6.45) is 5.09. The lowest BCUT2D eigenvalue weighted by Gasteiger charge is -2.06. The topological polar surface area (TPSA) is 73.8 Å². The first-order valence-corrected chi connectivity index (χ1v) is 5.88. The minimum Gasteiger partial charge on any atom is -0.399 e.